The number of hydrogen-bond donors (Lipinski definition) is 1. The number of aryl methyl sites for hydroxylation is 1. The Hall–Kier alpha value is -2.96. The van der Waals surface area contributed by atoms with Crippen molar-refractivity contribution in [1.82, 2.24) is 14.9 Å². The molecule has 24 heavy (non-hydrogen) atoms. The molecule has 0 bridgehead atoms. The highest BCUT2D eigenvalue weighted by Crippen LogP contribution is 2.21. The van der Waals surface area contributed by atoms with Crippen molar-refractivity contribution in [2.24, 2.45) is 0 Å². The van der Waals surface area contributed by atoms with Crippen LogP contribution in [0.3, 0.4) is 0 Å². The Morgan fingerprint density at radius 2 is 1.96 bits per heavy atom. The Morgan fingerprint density at radius 3 is 2.62 bits per heavy atom. The SMILES string of the molecule is Cc1ccc(N2C[C@@H](C)N(C(=O)c3cnc[nH]c3=O)CC2=O)cc1. The van der Waals surface area contributed by atoms with Crippen LogP contribution in [0.15, 0.2) is 41.6 Å². The first-order chi connectivity index (χ1) is 11.5. The number of benzene rings is 1. The third-order valence-electron chi connectivity index (χ3n) is 4.14. The zero-order valence-corrected chi connectivity index (χ0v) is 13.5. The van der Waals surface area contributed by atoms with Crippen molar-refractivity contribution in [3.63, 3.8) is 0 Å². The Balaban J connectivity index is 1.82. The van der Waals surface area contributed by atoms with Crippen molar-refractivity contribution in [1.29, 1.82) is 0 Å². The number of nitrogens with one attached hydrogen (secondary N) is 1. The Bertz CT molecular complexity index is 828. The lowest BCUT2D eigenvalue weighted by molar-refractivity contribution is -0.121. The maximum Gasteiger partial charge on any atom is 0.263 e. The number of rotatable bonds is 2. The van der Waals surface area contributed by atoms with Crippen molar-refractivity contribution in [3.05, 3.63) is 58.3 Å². The highest BCUT2D eigenvalue weighted by atomic mass is 16.2. The fourth-order valence-electron chi connectivity index (χ4n) is 2.75. The summed E-state index contributed by atoms with van der Waals surface area (Å²) >= 11 is 0. The van der Waals surface area contributed by atoms with Gasteiger partial charge in [0.05, 0.1) is 6.33 Å². The number of H-pyrrole nitrogens is 1. The predicted molar refractivity (Wildman–Crippen MR) is 88.9 cm³/mol. The van der Waals surface area contributed by atoms with Crippen LogP contribution in [0.4, 0.5) is 5.69 Å². The number of nitrogens with zero attached hydrogens (tertiary/aromatic N) is 3. The highest BCUT2D eigenvalue weighted by molar-refractivity contribution is 6.01. The molecule has 2 heterocycles. The average Bonchev–Trinajstić information content (AvgIpc) is 2.57. The first kappa shape index (κ1) is 15.9. The molecule has 0 unspecified atom stereocenters. The maximum atomic E-state index is 12.6. The molecule has 124 valence electrons. The van der Waals surface area contributed by atoms with Crippen LogP contribution in [-0.4, -0.2) is 45.8 Å². The minimum Gasteiger partial charge on any atom is -0.325 e. The summed E-state index contributed by atoms with van der Waals surface area (Å²) in [6, 6.07) is 7.46. The van der Waals surface area contributed by atoms with Gasteiger partial charge in [0.25, 0.3) is 11.5 Å². The molecule has 2 aromatic rings. The summed E-state index contributed by atoms with van der Waals surface area (Å²) in [5, 5.41) is 0. The van der Waals surface area contributed by atoms with Gasteiger partial charge in [0.2, 0.25) is 5.91 Å². The molecule has 0 radical (unpaired) electrons. The van der Waals surface area contributed by atoms with Crippen LogP contribution in [0, 0.1) is 6.92 Å². The number of carbonyl (C=O) groups excluding carboxylic acids is 2. The summed E-state index contributed by atoms with van der Waals surface area (Å²) in [7, 11) is 0. The highest BCUT2D eigenvalue weighted by Gasteiger charge is 2.34. The van der Waals surface area contributed by atoms with Crippen LogP contribution in [0.5, 0.6) is 0 Å². The van der Waals surface area contributed by atoms with Crippen LogP contribution < -0.4 is 10.5 Å². The van der Waals surface area contributed by atoms with Gasteiger partial charge in [0, 0.05) is 24.5 Å². The molecule has 0 saturated carbocycles. The summed E-state index contributed by atoms with van der Waals surface area (Å²) in [4.78, 5) is 46.1. The summed E-state index contributed by atoms with van der Waals surface area (Å²) in [6.45, 7) is 4.15. The van der Waals surface area contributed by atoms with E-state index in [2.05, 4.69) is 9.97 Å². The monoisotopic (exact) mass is 326 g/mol. The molecule has 1 N–H and O–H groups in total. The van der Waals surface area contributed by atoms with E-state index in [-0.39, 0.29) is 24.1 Å². The summed E-state index contributed by atoms with van der Waals surface area (Å²) in [6.07, 6.45) is 2.45. The third kappa shape index (κ3) is 2.92. The van der Waals surface area contributed by atoms with Gasteiger partial charge in [-0.05, 0) is 26.0 Å². The van der Waals surface area contributed by atoms with Crippen LogP contribution in [-0.2, 0) is 4.79 Å². The average molecular weight is 326 g/mol. The van der Waals surface area contributed by atoms with Gasteiger partial charge < -0.3 is 14.8 Å². The Labute approximate surface area is 138 Å². The van der Waals surface area contributed by atoms with Crippen molar-refractivity contribution < 1.29 is 9.59 Å². The van der Waals surface area contributed by atoms with E-state index in [4.69, 9.17) is 0 Å². The summed E-state index contributed by atoms with van der Waals surface area (Å²) < 4.78 is 0. The van der Waals surface area contributed by atoms with Crippen molar-refractivity contribution in [3.8, 4) is 0 Å². The van der Waals surface area contributed by atoms with Gasteiger partial charge in [-0.2, -0.15) is 0 Å². The second-order valence-corrected chi connectivity index (χ2v) is 5.92. The molecular formula is C17H18N4O3. The number of anilines is 1. The quantitative estimate of drug-likeness (QED) is 0.890. The Kier molecular flexibility index (Phi) is 4.16. The summed E-state index contributed by atoms with van der Waals surface area (Å²) in [5.41, 5.74) is 1.36. The van der Waals surface area contributed by atoms with E-state index < -0.39 is 11.5 Å². The fraction of sp³-hybridized carbons (Fsp3) is 0.294. The molecule has 1 saturated heterocycles. The molecule has 1 aliphatic rings. The molecule has 7 heteroatoms. The molecule has 1 fully saturated rings. The molecule has 0 spiro atoms. The number of hydrogen-bond acceptors (Lipinski definition) is 4. The van der Waals surface area contributed by atoms with Crippen LogP contribution in [0.2, 0.25) is 0 Å². The molecule has 1 atom stereocenters. The van der Waals surface area contributed by atoms with Crippen LogP contribution >= 0.6 is 0 Å². The number of piperazine rings is 1. The van der Waals surface area contributed by atoms with Gasteiger partial charge in [0.1, 0.15) is 12.1 Å². The van der Waals surface area contributed by atoms with Gasteiger partial charge in [-0.25, -0.2) is 4.98 Å². The molecule has 2 amide bonds. The second-order valence-electron chi connectivity index (χ2n) is 5.92. The number of aromatic nitrogens is 2. The minimum atomic E-state index is -0.504. The number of aromatic amines is 1. The largest absolute Gasteiger partial charge is 0.325 e. The van der Waals surface area contributed by atoms with Gasteiger partial charge in [-0.3, -0.25) is 14.4 Å². The standard InChI is InChI=1S/C17H18N4O3/c1-11-3-5-13(6-4-11)21-8-12(2)20(9-15(21)22)17(24)14-7-18-10-19-16(14)23/h3-7,10,12H,8-9H2,1-2H3,(H,18,19,23)/t12-/m1/s1. The van der Waals surface area contributed by atoms with E-state index in [9.17, 15) is 14.4 Å². The van der Waals surface area contributed by atoms with Gasteiger partial charge in [0.15, 0.2) is 0 Å². The molecular weight excluding hydrogens is 308 g/mol. The Morgan fingerprint density at radius 1 is 1.25 bits per heavy atom. The minimum absolute atomic E-state index is 0.0547. The number of amides is 2. The summed E-state index contributed by atoms with van der Waals surface area (Å²) in [5.74, 6) is -0.653. The van der Waals surface area contributed by atoms with E-state index in [0.29, 0.717) is 6.54 Å². The lowest BCUT2D eigenvalue weighted by Gasteiger charge is -2.39. The first-order valence-electron chi connectivity index (χ1n) is 7.68. The van der Waals surface area contributed by atoms with Crippen molar-refractivity contribution in [2.75, 3.05) is 18.0 Å². The lowest BCUT2D eigenvalue weighted by Crippen LogP contribution is -2.57. The second kappa shape index (κ2) is 6.27. The smallest absolute Gasteiger partial charge is 0.263 e. The lowest BCUT2D eigenvalue weighted by atomic mass is 10.1. The molecule has 1 aromatic heterocycles. The molecule has 1 aromatic carbocycles. The van der Waals surface area contributed by atoms with Crippen LogP contribution in [0.1, 0.15) is 22.8 Å². The zero-order valence-electron chi connectivity index (χ0n) is 13.5. The van der Waals surface area contributed by atoms with E-state index >= 15 is 0 Å². The van der Waals surface area contributed by atoms with Gasteiger partial charge in [-0.15, -0.1) is 0 Å². The molecule has 3 rings (SSSR count). The van der Waals surface area contributed by atoms with E-state index in [1.54, 1.807) is 4.90 Å². The van der Waals surface area contributed by atoms with E-state index in [0.717, 1.165) is 11.3 Å². The fourth-order valence-corrected chi connectivity index (χ4v) is 2.75. The number of carbonyl (C=O) groups is 2. The first-order valence-corrected chi connectivity index (χ1v) is 7.68. The van der Waals surface area contributed by atoms with Crippen LogP contribution in [0.25, 0.3) is 0 Å². The molecule has 1 aliphatic heterocycles. The molecule has 7 nitrogen and oxygen atoms in total. The topological polar surface area (TPSA) is 86.4 Å². The zero-order chi connectivity index (χ0) is 17.3. The third-order valence-corrected chi connectivity index (χ3v) is 4.14. The van der Waals surface area contributed by atoms with Gasteiger partial charge >= 0.3 is 0 Å². The molecule has 0 aliphatic carbocycles. The van der Waals surface area contributed by atoms with E-state index in [1.807, 2.05) is 38.1 Å². The van der Waals surface area contributed by atoms with Gasteiger partial charge in [-0.1, -0.05) is 17.7 Å². The predicted octanol–water partition coefficient (Wildman–Crippen LogP) is 0.956. The van der Waals surface area contributed by atoms with Crippen molar-refractivity contribution in [2.45, 2.75) is 19.9 Å². The normalized spacial score (nSPS) is 17.9. The van der Waals surface area contributed by atoms with E-state index in [1.165, 1.54) is 17.4 Å². The maximum absolute atomic E-state index is 12.6. The van der Waals surface area contributed by atoms with Crippen molar-refractivity contribution >= 4 is 17.5 Å².